The second kappa shape index (κ2) is 3.42. The van der Waals surface area contributed by atoms with Crippen molar-refractivity contribution in [1.29, 1.82) is 0 Å². The quantitative estimate of drug-likeness (QED) is 0.368. The maximum absolute atomic E-state index is 8.19. The molecule has 58 valence electrons. The molecule has 1 rings (SSSR count). The molecule has 0 aliphatic carbocycles. The first-order valence-corrected chi connectivity index (χ1v) is 4.22. The maximum atomic E-state index is 8.19. The van der Waals surface area contributed by atoms with Gasteiger partial charge in [-0.15, -0.1) is 11.3 Å². The largest absolute Gasteiger partial charge is 0.148 e. The van der Waals surface area contributed by atoms with E-state index in [4.69, 9.17) is 5.53 Å². The van der Waals surface area contributed by atoms with Gasteiger partial charge in [0.2, 0.25) is 0 Å². The maximum Gasteiger partial charge on any atom is 0.0693 e. The monoisotopic (exact) mass is 167 g/mol. The van der Waals surface area contributed by atoms with Gasteiger partial charge >= 0.3 is 0 Å². The summed E-state index contributed by atoms with van der Waals surface area (Å²) in [6.45, 7) is 3.92. The van der Waals surface area contributed by atoms with Gasteiger partial charge in [-0.1, -0.05) is 12.0 Å². The van der Waals surface area contributed by atoms with Crippen LogP contribution in [0.2, 0.25) is 0 Å². The Kier molecular flexibility index (Phi) is 2.52. The number of hydrogen-bond acceptors (Lipinski definition) is 2. The molecule has 3 nitrogen and oxygen atoms in total. The molecule has 0 saturated heterocycles. The zero-order valence-corrected chi connectivity index (χ0v) is 7.30. The average molecular weight is 167 g/mol. The Bertz CT molecular complexity index is 286. The van der Waals surface area contributed by atoms with Crippen LogP contribution >= 0.6 is 11.3 Å². The zero-order valence-electron chi connectivity index (χ0n) is 6.48. The van der Waals surface area contributed by atoms with Crippen LogP contribution in [0.25, 0.3) is 10.4 Å². The molecule has 1 aromatic rings. The Labute approximate surface area is 69.3 Å². The molecule has 11 heavy (non-hydrogen) atoms. The number of azide groups is 1. The van der Waals surface area contributed by atoms with Crippen molar-refractivity contribution in [3.8, 4) is 0 Å². The Hall–Kier alpha value is -0.990. The molecule has 1 atom stereocenters. The third-order valence-electron chi connectivity index (χ3n) is 1.51. The van der Waals surface area contributed by atoms with E-state index in [1.54, 1.807) is 11.3 Å². The summed E-state index contributed by atoms with van der Waals surface area (Å²) in [5, 5.41) is 5.63. The van der Waals surface area contributed by atoms with Crippen LogP contribution in [0.3, 0.4) is 0 Å². The Morgan fingerprint density at radius 3 is 2.91 bits per heavy atom. The summed E-state index contributed by atoms with van der Waals surface area (Å²) < 4.78 is 0. The molecule has 1 heterocycles. The van der Waals surface area contributed by atoms with E-state index in [9.17, 15) is 0 Å². The molecule has 0 N–H and O–H groups in total. The van der Waals surface area contributed by atoms with Gasteiger partial charge in [0.1, 0.15) is 0 Å². The van der Waals surface area contributed by atoms with Crippen molar-refractivity contribution in [3.05, 3.63) is 32.3 Å². The number of hydrogen-bond donors (Lipinski definition) is 0. The fraction of sp³-hybridized carbons (Fsp3) is 0.429. The lowest BCUT2D eigenvalue weighted by atomic mass is 10.2. The molecule has 1 aromatic heterocycles. The van der Waals surface area contributed by atoms with Crippen LogP contribution in [0.1, 0.15) is 23.4 Å². The van der Waals surface area contributed by atoms with E-state index in [-0.39, 0.29) is 6.04 Å². The molecule has 0 fully saturated rings. The molecule has 0 spiro atoms. The van der Waals surface area contributed by atoms with Crippen molar-refractivity contribution in [2.45, 2.75) is 19.9 Å². The molecule has 0 aliphatic heterocycles. The second-order valence-corrected chi connectivity index (χ2v) is 3.30. The van der Waals surface area contributed by atoms with Crippen molar-refractivity contribution >= 4 is 11.3 Å². The highest BCUT2D eigenvalue weighted by molar-refractivity contribution is 7.10. The Morgan fingerprint density at radius 2 is 2.45 bits per heavy atom. The van der Waals surface area contributed by atoms with Crippen LogP contribution in [0.15, 0.2) is 16.6 Å². The highest BCUT2D eigenvalue weighted by Gasteiger charge is 2.06. The van der Waals surface area contributed by atoms with Crippen LogP contribution in [-0.4, -0.2) is 0 Å². The zero-order chi connectivity index (χ0) is 8.27. The van der Waals surface area contributed by atoms with Crippen LogP contribution in [-0.2, 0) is 0 Å². The summed E-state index contributed by atoms with van der Waals surface area (Å²) in [7, 11) is 0. The SMILES string of the molecule is Cc1ccsc1[C@H](C)N=[N+]=[N-]. The minimum Gasteiger partial charge on any atom is -0.148 e. The van der Waals surface area contributed by atoms with Gasteiger partial charge in [0.05, 0.1) is 6.04 Å². The standard InChI is InChI=1S/C7H9N3S/c1-5-3-4-11-7(5)6(2)9-10-8/h3-4,6H,1-2H3/t6-/m0/s1. The molecule has 0 saturated carbocycles. The van der Waals surface area contributed by atoms with Crippen molar-refractivity contribution < 1.29 is 0 Å². The Morgan fingerprint density at radius 1 is 1.73 bits per heavy atom. The predicted molar refractivity (Wildman–Crippen MR) is 46.6 cm³/mol. The van der Waals surface area contributed by atoms with Crippen LogP contribution in [0.5, 0.6) is 0 Å². The smallest absolute Gasteiger partial charge is 0.0693 e. The van der Waals surface area contributed by atoms with Crippen LogP contribution in [0, 0.1) is 6.92 Å². The van der Waals surface area contributed by atoms with Gasteiger partial charge in [0.25, 0.3) is 0 Å². The summed E-state index contributed by atoms with van der Waals surface area (Å²) in [6, 6.07) is 2.00. The minimum atomic E-state index is -0.0278. The lowest BCUT2D eigenvalue weighted by Crippen LogP contribution is -1.84. The van der Waals surface area contributed by atoms with E-state index < -0.39 is 0 Å². The van der Waals surface area contributed by atoms with Gasteiger partial charge in [-0.05, 0) is 29.5 Å². The lowest BCUT2D eigenvalue weighted by molar-refractivity contribution is 0.820. The summed E-state index contributed by atoms with van der Waals surface area (Å²) in [6.07, 6.45) is 0. The van der Waals surface area contributed by atoms with Gasteiger partial charge < -0.3 is 0 Å². The fourth-order valence-corrected chi connectivity index (χ4v) is 1.86. The van der Waals surface area contributed by atoms with Crippen molar-refractivity contribution in [2.24, 2.45) is 5.11 Å². The average Bonchev–Trinajstić information content (AvgIpc) is 2.36. The number of aryl methyl sites for hydroxylation is 1. The van der Waals surface area contributed by atoms with Gasteiger partial charge in [-0.3, -0.25) is 0 Å². The van der Waals surface area contributed by atoms with E-state index in [0.717, 1.165) is 4.88 Å². The summed E-state index contributed by atoms with van der Waals surface area (Å²) in [4.78, 5) is 3.92. The van der Waals surface area contributed by atoms with Gasteiger partial charge in [0.15, 0.2) is 0 Å². The minimum absolute atomic E-state index is 0.0278. The van der Waals surface area contributed by atoms with E-state index in [1.807, 2.05) is 25.3 Å². The molecule has 0 unspecified atom stereocenters. The predicted octanol–water partition coefficient (Wildman–Crippen LogP) is 3.43. The van der Waals surface area contributed by atoms with Gasteiger partial charge in [-0.2, -0.15) is 0 Å². The summed E-state index contributed by atoms with van der Waals surface area (Å²) in [5.41, 5.74) is 9.39. The number of thiophene rings is 1. The number of rotatable bonds is 2. The molecule has 4 heteroatoms. The highest BCUT2D eigenvalue weighted by atomic mass is 32.1. The normalized spacial score (nSPS) is 12.2. The first kappa shape index (κ1) is 8.11. The van der Waals surface area contributed by atoms with E-state index in [1.165, 1.54) is 5.56 Å². The van der Waals surface area contributed by atoms with Gasteiger partial charge in [0, 0.05) is 9.79 Å². The molecule has 0 aliphatic rings. The van der Waals surface area contributed by atoms with Crippen LogP contribution in [0.4, 0.5) is 0 Å². The number of nitrogens with zero attached hydrogens (tertiary/aromatic N) is 3. The van der Waals surface area contributed by atoms with E-state index in [0.29, 0.717) is 0 Å². The van der Waals surface area contributed by atoms with E-state index >= 15 is 0 Å². The summed E-state index contributed by atoms with van der Waals surface area (Å²) >= 11 is 1.63. The molecule has 0 aromatic carbocycles. The highest BCUT2D eigenvalue weighted by Crippen LogP contribution is 2.25. The van der Waals surface area contributed by atoms with Crippen molar-refractivity contribution in [1.82, 2.24) is 0 Å². The van der Waals surface area contributed by atoms with Crippen molar-refractivity contribution in [2.75, 3.05) is 0 Å². The van der Waals surface area contributed by atoms with Crippen LogP contribution < -0.4 is 0 Å². The Balaban J connectivity index is 2.92. The second-order valence-electron chi connectivity index (χ2n) is 2.35. The topological polar surface area (TPSA) is 48.8 Å². The molecule has 0 radical (unpaired) electrons. The third-order valence-corrected chi connectivity index (χ3v) is 2.70. The summed E-state index contributed by atoms with van der Waals surface area (Å²) in [5.74, 6) is 0. The van der Waals surface area contributed by atoms with Crippen molar-refractivity contribution in [3.63, 3.8) is 0 Å². The van der Waals surface area contributed by atoms with E-state index in [2.05, 4.69) is 10.0 Å². The lowest BCUT2D eigenvalue weighted by Gasteiger charge is -2.00. The molecule has 0 bridgehead atoms. The fourth-order valence-electron chi connectivity index (χ4n) is 0.942. The third kappa shape index (κ3) is 1.73. The molecular weight excluding hydrogens is 158 g/mol. The van der Waals surface area contributed by atoms with Gasteiger partial charge in [-0.25, -0.2) is 0 Å². The molecule has 0 amide bonds. The molecular formula is C7H9N3S. The first-order valence-electron chi connectivity index (χ1n) is 3.34. The first-order chi connectivity index (χ1) is 5.25.